The molecule has 7 N–H and O–H groups in total. The second-order valence-electron chi connectivity index (χ2n) is 12.7. The summed E-state index contributed by atoms with van der Waals surface area (Å²) in [5.41, 5.74) is 7.83. The molecule has 0 aromatic carbocycles. The molecule has 242 valence electrons. The molecule has 2 saturated heterocycles. The van der Waals surface area contributed by atoms with Crippen LogP contribution in [0, 0.1) is 24.7 Å². The molecule has 2 unspecified atom stereocenters. The van der Waals surface area contributed by atoms with Crippen molar-refractivity contribution in [3.05, 3.63) is 55.5 Å². The third-order valence-electron chi connectivity index (χ3n) is 9.68. The lowest BCUT2D eigenvalue weighted by Gasteiger charge is -2.17. The van der Waals surface area contributed by atoms with Gasteiger partial charge in [0, 0.05) is 69.8 Å². The van der Waals surface area contributed by atoms with Gasteiger partial charge in [-0.25, -0.2) is 4.99 Å². The lowest BCUT2D eigenvalue weighted by Crippen LogP contribution is -2.77. The fourth-order valence-electron chi connectivity index (χ4n) is 7.01. The zero-order valence-corrected chi connectivity index (χ0v) is 28.0. The van der Waals surface area contributed by atoms with Gasteiger partial charge in [0.05, 0.1) is 17.5 Å². The smallest absolute Gasteiger partial charge is 0.363 e. The SMILES string of the molecule is CC1=C(CCC(=O)O)/C(=C/c2[nH]c(/C=C3\NC(=O)[C@H](C)[C@H]3[C@H](C)S)c(C)c2CCC(=O)O)NC1C[C@H]1[NH+]=C(O)/C(=C2\CS2)C1C. The maximum atomic E-state index is 12.5. The number of rotatable bonds is 11. The summed E-state index contributed by atoms with van der Waals surface area (Å²) in [6.45, 7) is 9.95. The van der Waals surface area contributed by atoms with Crippen LogP contribution in [0.2, 0.25) is 0 Å². The molecule has 0 bridgehead atoms. The number of H-pyrrole nitrogens is 1. The second-order valence-corrected chi connectivity index (χ2v) is 14.5. The van der Waals surface area contributed by atoms with Crippen LogP contribution in [0.1, 0.15) is 75.9 Å². The first kappa shape index (κ1) is 33.0. The first-order chi connectivity index (χ1) is 21.3. The van der Waals surface area contributed by atoms with Gasteiger partial charge in [0.15, 0.2) is 6.04 Å². The van der Waals surface area contributed by atoms with E-state index in [1.54, 1.807) is 11.8 Å². The predicted octanol–water partition coefficient (Wildman–Crippen LogP) is 3.32. The molecule has 0 saturated carbocycles. The molecule has 1 amide bonds. The summed E-state index contributed by atoms with van der Waals surface area (Å²) in [5, 5.41) is 36.2. The Bertz CT molecular complexity index is 1580. The summed E-state index contributed by atoms with van der Waals surface area (Å²) >= 11 is 6.39. The molecule has 1 aromatic heterocycles. The van der Waals surface area contributed by atoms with Gasteiger partial charge in [-0.05, 0) is 61.1 Å². The third kappa shape index (κ3) is 6.91. The van der Waals surface area contributed by atoms with Crippen molar-refractivity contribution in [3.63, 3.8) is 0 Å². The summed E-state index contributed by atoms with van der Waals surface area (Å²) in [4.78, 5) is 43.7. The number of aliphatic hydroxyl groups is 1. The van der Waals surface area contributed by atoms with Gasteiger partial charge in [-0.3, -0.25) is 14.4 Å². The molecule has 4 aliphatic heterocycles. The van der Waals surface area contributed by atoms with Crippen LogP contribution in [0.3, 0.4) is 0 Å². The minimum absolute atomic E-state index is 0.0180. The van der Waals surface area contributed by atoms with E-state index in [1.165, 1.54) is 4.91 Å². The molecular formula is C33H43N4O6S2+. The van der Waals surface area contributed by atoms with Crippen LogP contribution in [-0.4, -0.2) is 67.1 Å². The van der Waals surface area contributed by atoms with Crippen LogP contribution in [0.15, 0.2) is 33.0 Å². The number of carbonyl (C=O) groups is 3. The van der Waals surface area contributed by atoms with Crippen molar-refractivity contribution in [2.24, 2.45) is 17.8 Å². The van der Waals surface area contributed by atoms with E-state index in [4.69, 9.17) is 0 Å². The van der Waals surface area contributed by atoms with Gasteiger partial charge in [0.2, 0.25) is 5.91 Å². The van der Waals surface area contributed by atoms with Gasteiger partial charge in [0.1, 0.15) is 0 Å². The Morgan fingerprint density at radius 1 is 1.09 bits per heavy atom. The third-order valence-corrected chi connectivity index (χ3v) is 10.8. The number of carboxylic acids is 2. The predicted molar refractivity (Wildman–Crippen MR) is 179 cm³/mol. The zero-order valence-electron chi connectivity index (χ0n) is 26.3. The molecule has 4 aliphatic rings. The van der Waals surface area contributed by atoms with Gasteiger partial charge in [-0.15, -0.1) is 11.8 Å². The van der Waals surface area contributed by atoms with Crippen LogP contribution < -0.4 is 15.6 Å². The van der Waals surface area contributed by atoms with E-state index in [1.807, 2.05) is 39.8 Å². The van der Waals surface area contributed by atoms with Crippen LogP contribution >= 0.6 is 24.4 Å². The summed E-state index contributed by atoms with van der Waals surface area (Å²) in [6, 6.07) is -0.0542. The van der Waals surface area contributed by atoms with Crippen LogP contribution in [0.25, 0.3) is 12.2 Å². The molecule has 6 atom stereocenters. The maximum absolute atomic E-state index is 12.5. The number of thiol groups is 1. The number of aliphatic hydroxyl groups excluding tert-OH is 1. The highest BCUT2D eigenvalue weighted by Gasteiger charge is 2.44. The van der Waals surface area contributed by atoms with Crippen molar-refractivity contribution in [2.45, 2.75) is 84.1 Å². The summed E-state index contributed by atoms with van der Waals surface area (Å²) in [7, 11) is 0. The highest BCUT2D eigenvalue weighted by atomic mass is 32.2. The summed E-state index contributed by atoms with van der Waals surface area (Å²) < 4.78 is 0. The largest absolute Gasteiger partial charge is 0.481 e. The number of aromatic amines is 1. The number of nitrogens with one attached hydrogen (secondary N) is 4. The molecule has 10 nitrogen and oxygen atoms in total. The number of carbonyl (C=O) groups excluding carboxylic acids is 1. The van der Waals surface area contributed by atoms with E-state index < -0.39 is 11.9 Å². The minimum atomic E-state index is -0.899. The van der Waals surface area contributed by atoms with Crippen LogP contribution in [-0.2, 0) is 20.8 Å². The Labute approximate surface area is 273 Å². The van der Waals surface area contributed by atoms with Gasteiger partial charge in [-0.2, -0.15) is 12.6 Å². The van der Waals surface area contributed by atoms with Crippen LogP contribution in [0.5, 0.6) is 0 Å². The van der Waals surface area contributed by atoms with Crippen LogP contribution in [0.4, 0.5) is 0 Å². The Kier molecular flexibility index (Phi) is 9.65. The van der Waals surface area contributed by atoms with E-state index in [9.17, 15) is 29.7 Å². The Morgan fingerprint density at radius 3 is 2.38 bits per heavy atom. The number of thioether (sulfide) groups is 1. The molecule has 1 aromatic rings. The fourth-order valence-corrected chi connectivity index (χ4v) is 8.09. The molecule has 5 heterocycles. The zero-order chi connectivity index (χ0) is 32.7. The minimum Gasteiger partial charge on any atom is -0.481 e. The van der Waals surface area contributed by atoms with Crippen molar-refractivity contribution in [1.82, 2.24) is 15.6 Å². The first-order valence-corrected chi connectivity index (χ1v) is 17.0. The lowest BCUT2D eigenvalue weighted by molar-refractivity contribution is -0.508. The quantitative estimate of drug-likeness (QED) is 0.133. The molecule has 0 spiro atoms. The highest BCUT2D eigenvalue weighted by Crippen LogP contribution is 2.43. The standard InChI is InChI=1S/C33H42N4O6S2/c1-14-19(6-8-28(38)39)24(34-21(14)10-23-16(3)31(27-13-45-27)33(43)36-23)12-25-20(7-9-29(40)41)15(2)22(35-25)11-26-30(18(5)44)17(4)32(42)37-26/h11-12,16-18,21,23,30,34-35,44H,6-10,13H2,1-5H3,(H,36,43)(H,37,42)(H,38,39)(H,40,41)/p+1/b24-12-,26-11-,31-27+/t16?,17-,18+,21?,23-,30+/m1/s1. The number of carboxylic acid groups (broad SMARTS) is 2. The number of aromatic nitrogens is 1. The fraction of sp³-hybridized carbons (Fsp3) is 0.515. The number of hydrogen-bond acceptors (Lipinski definition) is 6. The Hall–Kier alpha value is -3.38. The first-order valence-electron chi connectivity index (χ1n) is 15.5. The monoisotopic (exact) mass is 655 g/mol. The topological polar surface area (TPSA) is 166 Å². The van der Waals surface area contributed by atoms with Gasteiger partial charge >= 0.3 is 17.8 Å². The summed E-state index contributed by atoms with van der Waals surface area (Å²) in [6.07, 6.45) is 5.17. The molecule has 12 heteroatoms. The number of hydrogen-bond donors (Lipinski definition) is 8. The normalized spacial score (nSPS) is 30.2. The van der Waals surface area contributed by atoms with Gasteiger partial charge in [-0.1, -0.05) is 20.8 Å². The summed E-state index contributed by atoms with van der Waals surface area (Å²) in [5.74, 6) is -0.789. The molecule has 2 fully saturated rings. The van der Waals surface area contributed by atoms with Crippen molar-refractivity contribution in [1.29, 1.82) is 0 Å². The number of aliphatic carboxylic acids is 2. The van der Waals surface area contributed by atoms with Crippen molar-refractivity contribution < 1.29 is 34.7 Å². The van der Waals surface area contributed by atoms with Crippen molar-refractivity contribution in [2.75, 3.05) is 5.75 Å². The average molecular weight is 656 g/mol. The molecular weight excluding hydrogens is 613 g/mol. The van der Waals surface area contributed by atoms with Crippen molar-refractivity contribution >= 4 is 60.3 Å². The van der Waals surface area contributed by atoms with E-state index in [0.717, 1.165) is 56.4 Å². The molecule has 45 heavy (non-hydrogen) atoms. The van der Waals surface area contributed by atoms with Crippen molar-refractivity contribution in [3.8, 4) is 0 Å². The van der Waals surface area contributed by atoms with E-state index in [2.05, 4.69) is 40.2 Å². The molecule has 0 radical (unpaired) electrons. The molecule has 5 rings (SSSR count). The average Bonchev–Trinajstić information content (AvgIpc) is 3.52. The Balaban J connectivity index is 1.50. The second kappa shape index (κ2) is 13.2. The lowest BCUT2D eigenvalue weighted by atomic mass is 9.90. The van der Waals surface area contributed by atoms with E-state index >= 15 is 0 Å². The number of allylic oxidation sites excluding steroid dienone is 2. The number of amides is 1. The molecule has 0 aliphatic carbocycles. The Morgan fingerprint density at radius 2 is 1.76 bits per heavy atom. The highest BCUT2D eigenvalue weighted by molar-refractivity contribution is 8.11. The van der Waals surface area contributed by atoms with Gasteiger partial charge in [0.25, 0.3) is 0 Å². The van der Waals surface area contributed by atoms with E-state index in [-0.39, 0.29) is 59.7 Å². The van der Waals surface area contributed by atoms with Gasteiger partial charge < -0.3 is 30.9 Å². The maximum Gasteiger partial charge on any atom is 0.363 e. The van der Waals surface area contributed by atoms with E-state index in [0.29, 0.717) is 19.3 Å².